The molecule has 0 saturated heterocycles. The van der Waals surface area contributed by atoms with Crippen LogP contribution in [0.1, 0.15) is 0 Å². The van der Waals surface area contributed by atoms with E-state index < -0.39 is 20.2 Å². The first-order valence-corrected chi connectivity index (χ1v) is 11.1. The van der Waals surface area contributed by atoms with Gasteiger partial charge in [0.05, 0.1) is 10.2 Å². The standard InChI is InChI=1S/C15H12Br2ClF3N2O3S2/c1-22(2)14(27)26-7-23-11(8-3-5-9(18)6-4-8)12(10(16)13(23)17)28(24,25)15(19,20)21/h3-6H,7H2,1-2H3. The van der Waals surface area contributed by atoms with Gasteiger partial charge in [-0.3, -0.25) is 4.57 Å². The molecule has 13 heteroatoms. The van der Waals surface area contributed by atoms with E-state index in [4.69, 9.17) is 28.6 Å². The summed E-state index contributed by atoms with van der Waals surface area (Å²) in [4.78, 5) is 0.547. The fraction of sp³-hybridized carbons (Fsp3) is 0.267. The lowest BCUT2D eigenvalue weighted by Crippen LogP contribution is -2.25. The van der Waals surface area contributed by atoms with E-state index in [1.165, 1.54) is 33.7 Å². The molecule has 0 radical (unpaired) electrons. The number of sulfone groups is 1. The van der Waals surface area contributed by atoms with Gasteiger partial charge >= 0.3 is 5.51 Å². The van der Waals surface area contributed by atoms with Gasteiger partial charge in [-0.05, 0) is 61.8 Å². The van der Waals surface area contributed by atoms with Crippen LogP contribution in [0, 0.1) is 0 Å². The van der Waals surface area contributed by atoms with Gasteiger partial charge in [0.1, 0.15) is 9.50 Å². The van der Waals surface area contributed by atoms with E-state index in [1.807, 2.05) is 0 Å². The van der Waals surface area contributed by atoms with Gasteiger partial charge in [-0.2, -0.15) is 13.2 Å². The van der Waals surface area contributed by atoms with Crippen molar-refractivity contribution in [2.45, 2.75) is 17.1 Å². The number of hydrogen-bond donors (Lipinski definition) is 0. The molecule has 2 rings (SSSR count). The maximum atomic E-state index is 13.3. The van der Waals surface area contributed by atoms with Gasteiger partial charge in [-0.15, -0.1) is 0 Å². The summed E-state index contributed by atoms with van der Waals surface area (Å²) >= 11 is 16.9. The summed E-state index contributed by atoms with van der Waals surface area (Å²) in [6.45, 7) is -0.332. The van der Waals surface area contributed by atoms with Crippen LogP contribution in [0.3, 0.4) is 0 Å². The summed E-state index contributed by atoms with van der Waals surface area (Å²) in [5.74, 6) is 0. The molecule has 154 valence electrons. The van der Waals surface area contributed by atoms with Crippen molar-refractivity contribution in [1.82, 2.24) is 9.47 Å². The van der Waals surface area contributed by atoms with Crippen LogP contribution in [0.15, 0.2) is 38.2 Å². The van der Waals surface area contributed by atoms with Gasteiger partial charge in [0.15, 0.2) is 6.73 Å². The average Bonchev–Trinajstić information content (AvgIpc) is 2.84. The number of aromatic nitrogens is 1. The Hall–Kier alpha value is -0.820. The van der Waals surface area contributed by atoms with Crippen LogP contribution in [-0.2, 0) is 21.3 Å². The van der Waals surface area contributed by atoms with E-state index in [-0.39, 0.29) is 32.2 Å². The number of nitrogens with zero attached hydrogens (tertiary/aromatic N) is 2. The van der Waals surface area contributed by atoms with Gasteiger partial charge in [0.2, 0.25) is 0 Å². The van der Waals surface area contributed by atoms with Crippen LogP contribution >= 0.6 is 55.7 Å². The Morgan fingerprint density at radius 1 is 1.25 bits per heavy atom. The van der Waals surface area contributed by atoms with Crippen molar-refractivity contribution in [3.63, 3.8) is 0 Å². The van der Waals surface area contributed by atoms with E-state index in [2.05, 4.69) is 31.9 Å². The summed E-state index contributed by atoms with van der Waals surface area (Å²) in [6.07, 6.45) is 0. The van der Waals surface area contributed by atoms with E-state index in [9.17, 15) is 21.6 Å². The molecule has 1 aromatic carbocycles. The summed E-state index contributed by atoms with van der Waals surface area (Å²) < 4.78 is 70.8. The molecule has 0 aliphatic rings. The highest BCUT2D eigenvalue weighted by Gasteiger charge is 2.50. The van der Waals surface area contributed by atoms with Gasteiger partial charge in [0, 0.05) is 19.1 Å². The lowest BCUT2D eigenvalue weighted by Gasteiger charge is -2.18. The number of halogens is 6. The zero-order valence-electron chi connectivity index (χ0n) is 14.2. The van der Waals surface area contributed by atoms with E-state index in [0.29, 0.717) is 5.02 Å². The van der Waals surface area contributed by atoms with Crippen molar-refractivity contribution >= 4 is 70.7 Å². The third kappa shape index (κ3) is 4.50. The Labute approximate surface area is 186 Å². The predicted molar refractivity (Wildman–Crippen MR) is 111 cm³/mol. The average molecular weight is 585 g/mol. The van der Waals surface area contributed by atoms with Crippen molar-refractivity contribution in [2.24, 2.45) is 0 Å². The molecular weight excluding hydrogens is 573 g/mol. The lowest BCUT2D eigenvalue weighted by atomic mass is 10.1. The maximum absolute atomic E-state index is 13.3. The Morgan fingerprint density at radius 2 is 1.79 bits per heavy atom. The fourth-order valence-corrected chi connectivity index (χ4v) is 5.04. The fourth-order valence-electron chi connectivity index (χ4n) is 2.16. The normalized spacial score (nSPS) is 12.1. The summed E-state index contributed by atoms with van der Waals surface area (Å²) in [6, 6.07) is 5.69. The van der Waals surface area contributed by atoms with Crippen LogP contribution in [0.5, 0.6) is 0 Å². The van der Waals surface area contributed by atoms with Crippen molar-refractivity contribution in [2.75, 3.05) is 14.1 Å². The molecule has 0 aliphatic carbocycles. The van der Waals surface area contributed by atoms with Crippen molar-refractivity contribution < 1.29 is 26.3 Å². The Morgan fingerprint density at radius 3 is 2.25 bits per heavy atom. The van der Waals surface area contributed by atoms with Gasteiger partial charge in [0.25, 0.3) is 15.0 Å². The molecule has 1 heterocycles. The second-order valence-electron chi connectivity index (χ2n) is 5.60. The molecular formula is C15H12Br2ClF3N2O3S2. The molecule has 0 N–H and O–H groups in total. The third-order valence-corrected chi connectivity index (χ3v) is 8.15. The molecule has 0 fully saturated rings. The third-order valence-electron chi connectivity index (χ3n) is 3.48. The molecule has 0 atom stereocenters. The highest BCUT2D eigenvalue weighted by Crippen LogP contribution is 2.45. The number of ether oxygens (including phenoxy) is 1. The predicted octanol–water partition coefficient (Wildman–Crippen LogP) is 5.45. The lowest BCUT2D eigenvalue weighted by molar-refractivity contribution is -0.0436. The van der Waals surface area contributed by atoms with Gasteiger partial charge in [-0.25, -0.2) is 8.42 Å². The van der Waals surface area contributed by atoms with E-state index in [1.54, 1.807) is 14.1 Å². The zero-order valence-corrected chi connectivity index (χ0v) is 19.8. The first kappa shape index (κ1) is 23.5. The second kappa shape index (κ2) is 8.50. The van der Waals surface area contributed by atoms with Crippen LogP contribution in [0.2, 0.25) is 5.02 Å². The van der Waals surface area contributed by atoms with Crippen LogP contribution in [-0.4, -0.2) is 42.7 Å². The number of alkyl halides is 3. The summed E-state index contributed by atoms with van der Waals surface area (Å²) in [5, 5.41) is 0.407. The SMILES string of the molecule is CN(C)C(=S)OCn1c(Br)c(Br)c(S(=O)(=O)C(F)(F)F)c1-c1ccc(Cl)cc1. The number of thiocarbonyl (C=S) groups is 1. The van der Waals surface area contributed by atoms with Crippen molar-refractivity contribution in [1.29, 1.82) is 0 Å². The highest BCUT2D eigenvalue weighted by molar-refractivity contribution is 9.13. The minimum atomic E-state index is -5.68. The molecule has 0 unspecified atom stereocenters. The molecule has 0 saturated carbocycles. The molecule has 0 spiro atoms. The smallest absolute Gasteiger partial charge is 0.449 e. The molecule has 5 nitrogen and oxygen atoms in total. The number of hydrogen-bond acceptors (Lipinski definition) is 4. The van der Waals surface area contributed by atoms with Gasteiger partial charge in [-0.1, -0.05) is 23.7 Å². The first-order valence-electron chi connectivity index (χ1n) is 7.28. The highest BCUT2D eigenvalue weighted by atomic mass is 79.9. The molecule has 0 bridgehead atoms. The largest absolute Gasteiger partial charge is 0.502 e. The minimum absolute atomic E-state index is 0.0434. The molecule has 0 amide bonds. The first-order chi connectivity index (χ1) is 12.8. The van der Waals surface area contributed by atoms with Crippen molar-refractivity contribution in [3.05, 3.63) is 38.4 Å². The van der Waals surface area contributed by atoms with Crippen molar-refractivity contribution in [3.8, 4) is 11.3 Å². The molecule has 0 aliphatic heterocycles. The van der Waals surface area contributed by atoms with Crippen LogP contribution < -0.4 is 0 Å². The van der Waals surface area contributed by atoms with Crippen LogP contribution in [0.25, 0.3) is 11.3 Å². The number of benzene rings is 1. The van der Waals surface area contributed by atoms with Gasteiger partial charge < -0.3 is 9.64 Å². The topological polar surface area (TPSA) is 51.5 Å². The Bertz CT molecular complexity index is 1010. The Balaban J connectivity index is 2.77. The minimum Gasteiger partial charge on any atom is -0.449 e. The summed E-state index contributed by atoms with van der Waals surface area (Å²) in [5.41, 5.74) is -5.53. The molecule has 2 aromatic rings. The van der Waals surface area contributed by atoms with Crippen LogP contribution in [0.4, 0.5) is 13.2 Å². The summed E-state index contributed by atoms with van der Waals surface area (Å²) in [7, 11) is -2.43. The second-order valence-corrected chi connectivity index (χ2v) is 9.81. The monoisotopic (exact) mass is 582 g/mol. The van der Waals surface area contributed by atoms with E-state index in [0.717, 1.165) is 0 Å². The zero-order chi connectivity index (χ0) is 21.4. The molecule has 28 heavy (non-hydrogen) atoms. The quantitative estimate of drug-likeness (QED) is 0.448. The van der Waals surface area contributed by atoms with E-state index >= 15 is 0 Å². The maximum Gasteiger partial charge on any atom is 0.502 e. The Kier molecular flexibility index (Phi) is 7.12. The molecule has 1 aromatic heterocycles. The number of rotatable bonds is 4.